The second kappa shape index (κ2) is 11.7. The van der Waals surface area contributed by atoms with Gasteiger partial charge in [0.1, 0.15) is 0 Å². The molecule has 34 heavy (non-hydrogen) atoms. The number of aliphatic imine (C=N–C) groups is 1. The Bertz CT molecular complexity index is 1220. The minimum atomic E-state index is -0.456. The fraction of sp³-hybridized carbons (Fsp3) is 0.182. The van der Waals surface area contributed by atoms with Crippen LogP contribution in [0.4, 0.5) is 5.69 Å². The second-order valence-corrected chi connectivity index (χ2v) is 9.44. The summed E-state index contributed by atoms with van der Waals surface area (Å²) in [4.78, 5) is 39.8. The molecule has 0 fully saturated rings. The van der Waals surface area contributed by atoms with Crippen LogP contribution in [-0.2, 0) is 14.4 Å². The van der Waals surface area contributed by atoms with Gasteiger partial charge in [-0.3, -0.25) is 14.4 Å². The molecular formula is C22H18BrCl2N3O5S. The molecule has 2 aromatic carbocycles. The Hall–Kier alpha value is -2.53. The van der Waals surface area contributed by atoms with Crippen LogP contribution in [0.25, 0.3) is 6.08 Å². The number of hydrogen-bond donors (Lipinski definition) is 2. The van der Waals surface area contributed by atoms with E-state index in [2.05, 4.69) is 31.6 Å². The van der Waals surface area contributed by atoms with Crippen molar-refractivity contribution >= 4 is 85.5 Å². The molecule has 0 aromatic heterocycles. The molecule has 0 spiro atoms. The number of hydrogen-bond acceptors (Lipinski definition) is 6. The molecule has 3 rings (SSSR count). The number of amides is 3. The number of nitrogens with one attached hydrogen (secondary N) is 2. The maximum atomic E-state index is 12.3. The SMILES string of the molecule is CCOc1cc(/C=C2/SC(NC(C)=O)=NC2=O)cc(Br)c1OCC(=O)Nc1ccc(Cl)c(Cl)c1. The summed E-state index contributed by atoms with van der Waals surface area (Å²) < 4.78 is 11.9. The maximum absolute atomic E-state index is 12.3. The van der Waals surface area contributed by atoms with Crippen LogP contribution in [-0.4, -0.2) is 36.1 Å². The molecule has 0 saturated carbocycles. The van der Waals surface area contributed by atoms with E-state index >= 15 is 0 Å². The van der Waals surface area contributed by atoms with Crippen LogP contribution in [0, 0.1) is 0 Å². The molecule has 8 nitrogen and oxygen atoms in total. The van der Waals surface area contributed by atoms with Crippen LogP contribution >= 0.6 is 50.9 Å². The molecule has 1 aliphatic rings. The van der Waals surface area contributed by atoms with Gasteiger partial charge in [-0.1, -0.05) is 23.2 Å². The molecule has 0 atom stereocenters. The molecule has 3 amide bonds. The molecule has 2 N–H and O–H groups in total. The number of amidine groups is 1. The summed E-state index contributed by atoms with van der Waals surface area (Å²) in [6, 6.07) is 8.13. The van der Waals surface area contributed by atoms with Crippen molar-refractivity contribution in [2.45, 2.75) is 13.8 Å². The van der Waals surface area contributed by atoms with Crippen molar-refractivity contribution in [2.24, 2.45) is 4.99 Å². The quantitative estimate of drug-likeness (QED) is 0.428. The van der Waals surface area contributed by atoms with E-state index in [1.54, 1.807) is 30.3 Å². The molecule has 1 aliphatic heterocycles. The standard InChI is InChI=1S/C22H18BrCl2N3O5S/c1-3-32-17-7-12(8-18-21(31)28-22(34-18)26-11(2)29)6-14(23)20(17)33-10-19(30)27-13-4-5-15(24)16(25)9-13/h4-9H,3,10H2,1-2H3,(H,27,30)(H,26,28,29,31)/b18-8+. The van der Waals surface area contributed by atoms with E-state index in [-0.39, 0.29) is 17.7 Å². The highest BCUT2D eigenvalue weighted by Gasteiger charge is 2.23. The number of benzene rings is 2. The predicted molar refractivity (Wildman–Crippen MR) is 138 cm³/mol. The molecule has 0 saturated heterocycles. The van der Waals surface area contributed by atoms with Crippen LogP contribution < -0.4 is 20.1 Å². The van der Waals surface area contributed by atoms with Crippen molar-refractivity contribution < 1.29 is 23.9 Å². The zero-order valence-electron chi connectivity index (χ0n) is 17.9. The number of thioether (sulfide) groups is 1. The first-order chi connectivity index (χ1) is 16.2. The number of nitrogens with zero attached hydrogens (tertiary/aromatic N) is 1. The lowest BCUT2D eigenvalue weighted by atomic mass is 10.2. The number of ether oxygens (including phenoxy) is 2. The van der Waals surface area contributed by atoms with Gasteiger partial charge < -0.3 is 20.1 Å². The average molecular weight is 587 g/mol. The zero-order chi connectivity index (χ0) is 24.8. The van der Waals surface area contributed by atoms with E-state index < -0.39 is 11.8 Å². The van der Waals surface area contributed by atoms with Crippen LogP contribution in [0.2, 0.25) is 10.0 Å². The third kappa shape index (κ3) is 6.99. The van der Waals surface area contributed by atoms with Gasteiger partial charge in [0.25, 0.3) is 11.8 Å². The van der Waals surface area contributed by atoms with Gasteiger partial charge in [-0.2, -0.15) is 4.99 Å². The van der Waals surface area contributed by atoms with Gasteiger partial charge >= 0.3 is 0 Å². The Balaban J connectivity index is 1.73. The van der Waals surface area contributed by atoms with Crippen molar-refractivity contribution in [1.82, 2.24) is 5.32 Å². The summed E-state index contributed by atoms with van der Waals surface area (Å²) >= 11 is 16.4. The van der Waals surface area contributed by atoms with E-state index in [1.807, 2.05) is 6.92 Å². The number of rotatable bonds is 7. The first-order valence-corrected chi connectivity index (χ1v) is 12.2. The lowest BCUT2D eigenvalue weighted by Crippen LogP contribution is -2.23. The van der Waals surface area contributed by atoms with Crippen LogP contribution in [0.5, 0.6) is 11.5 Å². The summed E-state index contributed by atoms with van der Waals surface area (Å²) in [5.74, 6) is -0.471. The fourth-order valence-corrected chi connectivity index (χ4v) is 4.48. The summed E-state index contributed by atoms with van der Waals surface area (Å²) in [5.41, 5.74) is 1.12. The number of carbonyl (C=O) groups is 3. The third-order valence-corrected chi connectivity index (χ3v) is 6.31. The number of halogens is 3. The first kappa shape index (κ1) is 26.1. The Morgan fingerprint density at radius 2 is 1.91 bits per heavy atom. The minimum Gasteiger partial charge on any atom is -0.490 e. The minimum absolute atomic E-state index is 0.223. The largest absolute Gasteiger partial charge is 0.490 e. The second-order valence-electron chi connectivity index (χ2n) is 6.74. The molecule has 0 aliphatic carbocycles. The molecule has 1 heterocycles. The average Bonchev–Trinajstić information content (AvgIpc) is 3.08. The highest BCUT2D eigenvalue weighted by Crippen LogP contribution is 2.38. The van der Waals surface area contributed by atoms with Gasteiger partial charge in [-0.05, 0) is 76.6 Å². The van der Waals surface area contributed by atoms with Gasteiger partial charge in [0.05, 0.1) is 26.0 Å². The van der Waals surface area contributed by atoms with Crippen molar-refractivity contribution in [1.29, 1.82) is 0 Å². The van der Waals surface area contributed by atoms with Gasteiger partial charge in [-0.15, -0.1) is 0 Å². The third-order valence-electron chi connectivity index (χ3n) is 4.08. The van der Waals surface area contributed by atoms with Crippen molar-refractivity contribution in [3.8, 4) is 11.5 Å². The zero-order valence-corrected chi connectivity index (χ0v) is 21.8. The topological polar surface area (TPSA) is 106 Å². The number of anilines is 1. The molecule has 0 unspecified atom stereocenters. The van der Waals surface area contributed by atoms with Crippen molar-refractivity contribution in [3.05, 3.63) is 55.3 Å². The fourth-order valence-electron chi connectivity index (χ4n) is 2.75. The Kier molecular flexibility index (Phi) is 9.01. The van der Waals surface area contributed by atoms with Gasteiger partial charge in [0.15, 0.2) is 23.3 Å². The lowest BCUT2D eigenvalue weighted by Gasteiger charge is -2.15. The van der Waals surface area contributed by atoms with E-state index in [0.29, 0.717) is 48.8 Å². The van der Waals surface area contributed by atoms with E-state index in [9.17, 15) is 14.4 Å². The molecule has 0 bridgehead atoms. The van der Waals surface area contributed by atoms with Crippen molar-refractivity contribution in [3.63, 3.8) is 0 Å². The molecule has 12 heteroatoms. The van der Waals surface area contributed by atoms with E-state index in [1.165, 1.54) is 13.0 Å². The van der Waals surface area contributed by atoms with Gasteiger partial charge in [0.2, 0.25) is 5.91 Å². The van der Waals surface area contributed by atoms with E-state index in [0.717, 1.165) is 11.8 Å². The predicted octanol–water partition coefficient (Wildman–Crippen LogP) is 5.28. The highest BCUT2D eigenvalue weighted by atomic mass is 79.9. The maximum Gasteiger partial charge on any atom is 0.286 e. The van der Waals surface area contributed by atoms with Crippen LogP contribution in [0.3, 0.4) is 0 Å². The molecule has 2 aromatic rings. The Morgan fingerprint density at radius 3 is 2.59 bits per heavy atom. The first-order valence-electron chi connectivity index (χ1n) is 9.80. The number of carbonyl (C=O) groups excluding carboxylic acids is 3. The van der Waals surface area contributed by atoms with Crippen LogP contribution in [0.15, 0.2) is 44.7 Å². The monoisotopic (exact) mass is 585 g/mol. The molecular weight excluding hydrogens is 569 g/mol. The summed E-state index contributed by atoms with van der Waals surface area (Å²) in [7, 11) is 0. The summed E-state index contributed by atoms with van der Waals surface area (Å²) in [6.07, 6.45) is 1.62. The summed E-state index contributed by atoms with van der Waals surface area (Å²) in [6.45, 7) is 3.21. The molecule has 178 valence electrons. The lowest BCUT2D eigenvalue weighted by molar-refractivity contribution is -0.118. The molecule has 0 radical (unpaired) electrons. The van der Waals surface area contributed by atoms with Gasteiger partial charge in [-0.25, -0.2) is 0 Å². The summed E-state index contributed by atoms with van der Waals surface area (Å²) in [5, 5.41) is 6.10. The van der Waals surface area contributed by atoms with Crippen LogP contribution in [0.1, 0.15) is 19.4 Å². The highest BCUT2D eigenvalue weighted by molar-refractivity contribution is 9.10. The Morgan fingerprint density at radius 1 is 1.15 bits per heavy atom. The van der Waals surface area contributed by atoms with Crippen molar-refractivity contribution in [2.75, 3.05) is 18.5 Å². The smallest absolute Gasteiger partial charge is 0.286 e. The van der Waals surface area contributed by atoms with E-state index in [4.69, 9.17) is 32.7 Å². The Labute approximate surface area is 218 Å². The van der Waals surface area contributed by atoms with Gasteiger partial charge in [0, 0.05) is 12.6 Å². The normalized spacial score (nSPS) is 14.1.